The minimum absolute atomic E-state index is 0.0325. The van der Waals surface area contributed by atoms with Gasteiger partial charge in [-0.2, -0.15) is 13.2 Å². The third-order valence-corrected chi connectivity index (χ3v) is 1.90. The second kappa shape index (κ2) is 5.72. The molecule has 0 aliphatic heterocycles. The summed E-state index contributed by atoms with van der Waals surface area (Å²) >= 11 is 5.34. The van der Waals surface area contributed by atoms with Crippen LogP contribution >= 0.6 is 11.6 Å². The van der Waals surface area contributed by atoms with Crippen molar-refractivity contribution in [2.45, 2.75) is 6.18 Å². The predicted molar refractivity (Wildman–Crippen MR) is 57.0 cm³/mol. The van der Waals surface area contributed by atoms with Crippen molar-refractivity contribution in [1.29, 1.82) is 0 Å². The van der Waals surface area contributed by atoms with Crippen LogP contribution in [0.25, 0.3) is 0 Å². The molecule has 94 valence electrons. The molecule has 1 rings (SSSR count). The maximum Gasteiger partial charge on any atom is 0.417 e. The first-order chi connectivity index (χ1) is 7.93. The summed E-state index contributed by atoms with van der Waals surface area (Å²) in [6, 6.07) is 1.34. The number of urea groups is 1. The monoisotopic (exact) mass is 267 g/mol. The molecule has 1 heterocycles. The highest BCUT2D eigenvalue weighted by Crippen LogP contribution is 2.28. The normalized spacial score (nSPS) is 11.1. The lowest BCUT2D eigenvalue weighted by molar-refractivity contribution is -0.137. The van der Waals surface area contributed by atoms with E-state index in [1.165, 1.54) is 0 Å². The first-order valence-electron chi connectivity index (χ1n) is 4.57. The van der Waals surface area contributed by atoms with Crippen molar-refractivity contribution in [1.82, 2.24) is 10.3 Å². The third kappa shape index (κ3) is 4.48. The first-order valence-corrected chi connectivity index (χ1v) is 5.11. The number of aromatic nitrogens is 1. The van der Waals surface area contributed by atoms with Crippen LogP contribution in [-0.4, -0.2) is 23.4 Å². The topological polar surface area (TPSA) is 54.0 Å². The van der Waals surface area contributed by atoms with Crippen LogP contribution < -0.4 is 10.6 Å². The van der Waals surface area contributed by atoms with Crippen LogP contribution in [0.4, 0.5) is 23.8 Å². The maximum absolute atomic E-state index is 12.2. The van der Waals surface area contributed by atoms with Crippen LogP contribution in [0.15, 0.2) is 18.3 Å². The van der Waals surface area contributed by atoms with Crippen molar-refractivity contribution >= 4 is 23.4 Å². The zero-order valence-electron chi connectivity index (χ0n) is 8.51. The van der Waals surface area contributed by atoms with Gasteiger partial charge < -0.3 is 5.32 Å². The molecular formula is C9H9ClF3N3O. The molecule has 17 heavy (non-hydrogen) atoms. The number of halogens is 4. The fourth-order valence-electron chi connectivity index (χ4n) is 0.957. The van der Waals surface area contributed by atoms with Gasteiger partial charge in [-0.25, -0.2) is 9.78 Å². The smallest absolute Gasteiger partial charge is 0.337 e. The standard InChI is InChI=1S/C9H9ClF3N3O/c10-3-4-14-8(17)16-7-2-1-6(5-15-7)9(11,12)13/h1-2,5H,3-4H2,(H2,14,15,16,17). The summed E-state index contributed by atoms with van der Waals surface area (Å²) in [5.41, 5.74) is -0.871. The summed E-state index contributed by atoms with van der Waals surface area (Å²) in [5, 5.41) is 4.65. The molecule has 0 bridgehead atoms. The van der Waals surface area contributed by atoms with E-state index in [0.717, 1.165) is 12.1 Å². The third-order valence-electron chi connectivity index (χ3n) is 1.71. The van der Waals surface area contributed by atoms with Gasteiger partial charge in [-0.3, -0.25) is 5.32 Å². The molecule has 0 aliphatic carbocycles. The summed E-state index contributed by atoms with van der Waals surface area (Å²) in [4.78, 5) is 14.6. The Morgan fingerprint density at radius 3 is 2.59 bits per heavy atom. The highest BCUT2D eigenvalue weighted by molar-refractivity contribution is 6.18. The molecule has 0 saturated carbocycles. The van der Waals surface area contributed by atoms with Gasteiger partial charge in [0.1, 0.15) is 5.82 Å². The number of nitrogens with one attached hydrogen (secondary N) is 2. The summed E-state index contributed by atoms with van der Waals surface area (Å²) in [6.07, 6.45) is -3.79. The molecule has 0 aromatic carbocycles. The lowest BCUT2D eigenvalue weighted by Gasteiger charge is -2.08. The minimum atomic E-state index is -4.44. The van der Waals surface area contributed by atoms with E-state index in [1.54, 1.807) is 0 Å². The number of nitrogens with zero attached hydrogens (tertiary/aromatic N) is 1. The van der Waals surface area contributed by atoms with Crippen LogP contribution in [-0.2, 0) is 6.18 Å². The second-order valence-corrected chi connectivity index (χ2v) is 3.38. The summed E-state index contributed by atoms with van der Waals surface area (Å²) in [5.74, 6) is 0.276. The number of amides is 2. The number of carbonyl (C=O) groups is 1. The zero-order valence-corrected chi connectivity index (χ0v) is 9.27. The highest BCUT2D eigenvalue weighted by Gasteiger charge is 2.30. The van der Waals surface area contributed by atoms with Gasteiger partial charge in [-0.1, -0.05) is 0 Å². The fourth-order valence-corrected chi connectivity index (χ4v) is 1.05. The summed E-state index contributed by atoms with van der Waals surface area (Å²) in [7, 11) is 0. The van der Waals surface area contributed by atoms with Crippen molar-refractivity contribution in [3.05, 3.63) is 23.9 Å². The Kier molecular flexibility index (Phi) is 4.56. The zero-order chi connectivity index (χ0) is 12.9. The molecule has 8 heteroatoms. The van der Waals surface area contributed by atoms with Crippen LogP contribution in [0.5, 0.6) is 0 Å². The lowest BCUT2D eigenvalue weighted by Crippen LogP contribution is -2.30. The van der Waals surface area contributed by atoms with Crippen LogP contribution in [0.3, 0.4) is 0 Å². The van der Waals surface area contributed by atoms with E-state index in [9.17, 15) is 18.0 Å². The number of pyridine rings is 1. The van der Waals surface area contributed by atoms with E-state index >= 15 is 0 Å². The number of rotatable bonds is 3. The van der Waals surface area contributed by atoms with Gasteiger partial charge in [0.05, 0.1) is 5.56 Å². The number of anilines is 1. The van der Waals surface area contributed by atoms with Crippen LogP contribution in [0, 0.1) is 0 Å². The van der Waals surface area contributed by atoms with Crippen molar-refractivity contribution in [3.63, 3.8) is 0 Å². The van der Waals surface area contributed by atoms with E-state index in [0.29, 0.717) is 6.20 Å². The predicted octanol–water partition coefficient (Wildman–Crippen LogP) is 2.46. The van der Waals surface area contributed by atoms with Gasteiger partial charge in [-0.05, 0) is 12.1 Å². The van der Waals surface area contributed by atoms with Gasteiger partial charge in [-0.15, -0.1) is 11.6 Å². The quantitative estimate of drug-likeness (QED) is 0.827. The number of carbonyl (C=O) groups excluding carboxylic acids is 1. The number of hydrogen-bond acceptors (Lipinski definition) is 2. The van der Waals surface area contributed by atoms with Crippen LogP contribution in [0.1, 0.15) is 5.56 Å². The summed E-state index contributed by atoms with van der Waals surface area (Å²) < 4.78 is 36.6. The molecule has 2 amide bonds. The second-order valence-electron chi connectivity index (χ2n) is 3.00. The van der Waals surface area contributed by atoms with E-state index in [-0.39, 0.29) is 18.2 Å². The Balaban J connectivity index is 2.60. The first kappa shape index (κ1) is 13.6. The largest absolute Gasteiger partial charge is 0.417 e. The molecule has 0 fully saturated rings. The van der Waals surface area contributed by atoms with Crippen LogP contribution in [0.2, 0.25) is 0 Å². The lowest BCUT2D eigenvalue weighted by atomic mass is 10.3. The van der Waals surface area contributed by atoms with Crippen molar-refractivity contribution in [2.75, 3.05) is 17.7 Å². The molecule has 0 spiro atoms. The average Bonchev–Trinajstić information content (AvgIpc) is 2.26. The number of hydrogen-bond donors (Lipinski definition) is 2. The molecule has 0 aliphatic rings. The molecule has 2 N–H and O–H groups in total. The highest BCUT2D eigenvalue weighted by atomic mass is 35.5. The fraction of sp³-hybridized carbons (Fsp3) is 0.333. The van der Waals surface area contributed by atoms with Gasteiger partial charge in [0, 0.05) is 18.6 Å². The molecule has 1 aromatic heterocycles. The van der Waals surface area contributed by atoms with E-state index < -0.39 is 17.8 Å². The Labute approximate surface area is 100 Å². The SMILES string of the molecule is O=C(NCCCl)Nc1ccc(C(F)(F)F)cn1. The Morgan fingerprint density at radius 1 is 1.41 bits per heavy atom. The molecule has 0 unspecified atom stereocenters. The molecule has 0 saturated heterocycles. The Bertz CT molecular complexity index is 380. The molecule has 0 atom stereocenters. The Morgan fingerprint density at radius 2 is 2.12 bits per heavy atom. The van der Waals surface area contributed by atoms with E-state index in [2.05, 4.69) is 15.6 Å². The molecule has 1 aromatic rings. The molecule has 0 radical (unpaired) electrons. The van der Waals surface area contributed by atoms with Gasteiger partial charge >= 0.3 is 12.2 Å². The van der Waals surface area contributed by atoms with E-state index in [1.807, 2.05) is 0 Å². The molecule has 4 nitrogen and oxygen atoms in total. The maximum atomic E-state index is 12.2. The van der Waals surface area contributed by atoms with Gasteiger partial charge in [0.25, 0.3) is 0 Å². The van der Waals surface area contributed by atoms with Crippen molar-refractivity contribution in [2.24, 2.45) is 0 Å². The van der Waals surface area contributed by atoms with Crippen molar-refractivity contribution < 1.29 is 18.0 Å². The van der Waals surface area contributed by atoms with E-state index in [4.69, 9.17) is 11.6 Å². The van der Waals surface area contributed by atoms with Crippen molar-refractivity contribution in [3.8, 4) is 0 Å². The molecular weight excluding hydrogens is 259 g/mol. The summed E-state index contributed by atoms with van der Waals surface area (Å²) in [6.45, 7) is 0.258. The Hall–Kier alpha value is -1.50. The average molecular weight is 268 g/mol. The van der Waals surface area contributed by atoms with Gasteiger partial charge in [0.2, 0.25) is 0 Å². The minimum Gasteiger partial charge on any atom is -0.337 e. The van der Waals surface area contributed by atoms with Gasteiger partial charge in [0.15, 0.2) is 0 Å². The number of alkyl halides is 4.